The second kappa shape index (κ2) is 5.29. The Morgan fingerprint density at radius 2 is 2.31 bits per heavy atom. The lowest BCUT2D eigenvalue weighted by Gasteiger charge is -2.13. The van der Waals surface area contributed by atoms with Crippen molar-refractivity contribution < 1.29 is 0 Å². The van der Waals surface area contributed by atoms with Crippen LogP contribution in [0.2, 0.25) is 0 Å². The first-order valence-corrected chi connectivity index (χ1v) is 5.53. The molecule has 0 radical (unpaired) electrons. The first-order chi connectivity index (χ1) is 6.29. The Kier molecular flexibility index (Phi) is 4.32. The summed E-state index contributed by atoms with van der Waals surface area (Å²) in [6.45, 7) is 4.24. The summed E-state index contributed by atoms with van der Waals surface area (Å²) in [7, 11) is 2.00. The Balaban J connectivity index is 2.61. The van der Waals surface area contributed by atoms with Crippen molar-refractivity contribution in [2.45, 2.75) is 39.2 Å². The van der Waals surface area contributed by atoms with Crippen molar-refractivity contribution in [3.8, 4) is 0 Å². The van der Waals surface area contributed by atoms with Crippen LogP contribution < -0.4 is 5.32 Å². The molecule has 1 aromatic rings. The van der Waals surface area contributed by atoms with E-state index >= 15 is 0 Å². The summed E-state index contributed by atoms with van der Waals surface area (Å²) in [5.41, 5.74) is 1.07. The van der Waals surface area contributed by atoms with Gasteiger partial charge in [-0.25, -0.2) is 0 Å². The van der Waals surface area contributed by atoms with E-state index in [0.29, 0.717) is 6.04 Å². The molecule has 0 bridgehead atoms. The Morgan fingerprint density at radius 3 is 2.77 bits per heavy atom. The van der Waals surface area contributed by atoms with Crippen LogP contribution in [-0.2, 0) is 0 Å². The lowest BCUT2D eigenvalue weighted by molar-refractivity contribution is 0.527. The van der Waals surface area contributed by atoms with Crippen molar-refractivity contribution in [2.75, 3.05) is 7.05 Å². The number of aromatic nitrogens is 2. The smallest absolute Gasteiger partial charge is 0.0772 e. The minimum Gasteiger partial charge on any atom is -0.312 e. The molecule has 0 aromatic carbocycles. The highest BCUT2D eigenvalue weighted by atomic mass is 32.1. The number of unbranched alkanes of at least 4 members (excludes halogenated alkanes) is 1. The standard InChI is InChI=1S/C9H17N3S/c1-4-5-6-8(10-3)9-7(2)11-12-13-9/h8,10H,4-6H2,1-3H3. The van der Waals surface area contributed by atoms with Crippen LogP contribution in [-0.4, -0.2) is 16.6 Å². The second-order valence-corrected chi connectivity index (χ2v) is 3.99. The third-order valence-electron chi connectivity index (χ3n) is 2.20. The molecule has 13 heavy (non-hydrogen) atoms. The van der Waals surface area contributed by atoms with E-state index in [1.165, 1.54) is 35.7 Å². The van der Waals surface area contributed by atoms with E-state index < -0.39 is 0 Å². The zero-order valence-corrected chi connectivity index (χ0v) is 9.32. The van der Waals surface area contributed by atoms with Gasteiger partial charge in [-0.3, -0.25) is 0 Å². The molecular formula is C9H17N3S. The Morgan fingerprint density at radius 1 is 1.54 bits per heavy atom. The van der Waals surface area contributed by atoms with E-state index in [-0.39, 0.29) is 0 Å². The van der Waals surface area contributed by atoms with Gasteiger partial charge in [0.2, 0.25) is 0 Å². The summed E-state index contributed by atoms with van der Waals surface area (Å²) in [6, 6.07) is 0.444. The molecule has 1 N–H and O–H groups in total. The summed E-state index contributed by atoms with van der Waals surface area (Å²) < 4.78 is 3.95. The number of nitrogens with one attached hydrogen (secondary N) is 1. The SMILES string of the molecule is CCCCC(NC)c1snnc1C. The largest absolute Gasteiger partial charge is 0.312 e. The second-order valence-electron chi connectivity index (χ2n) is 3.21. The van der Waals surface area contributed by atoms with E-state index in [0.717, 1.165) is 5.69 Å². The molecule has 0 saturated carbocycles. The van der Waals surface area contributed by atoms with E-state index in [1.54, 1.807) is 0 Å². The lowest BCUT2D eigenvalue weighted by Crippen LogP contribution is -2.15. The zero-order chi connectivity index (χ0) is 9.68. The molecular weight excluding hydrogens is 182 g/mol. The summed E-state index contributed by atoms with van der Waals surface area (Å²) in [5, 5.41) is 7.33. The van der Waals surface area contributed by atoms with Gasteiger partial charge in [-0.05, 0) is 31.9 Å². The Bertz CT molecular complexity index is 247. The van der Waals surface area contributed by atoms with Crippen LogP contribution in [0.1, 0.15) is 42.8 Å². The average molecular weight is 199 g/mol. The third kappa shape index (κ3) is 2.74. The van der Waals surface area contributed by atoms with E-state index in [1.807, 2.05) is 14.0 Å². The van der Waals surface area contributed by atoms with Crippen LogP contribution >= 0.6 is 11.5 Å². The summed E-state index contributed by atoms with van der Waals surface area (Å²) >= 11 is 1.51. The van der Waals surface area contributed by atoms with Crippen LogP contribution in [0.5, 0.6) is 0 Å². The normalized spacial score (nSPS) is 13.2. The first-order valence-electron chi connectivity index (χ1n) is 4.75. The van der Waals surface area contributed by atoms with Crippen LogP contribution in [0, 0.1) is 6.92 Å². The fourth-order valence-corrected chi connectivity index (χ4v) is 2.16. The van der Waals surface area contributed by atoms with Gasteiger partial charge in [0.05, 0.1) is 10.6 Å². The van der Waals surface area contributed by atoms with Gasteiger partial charge in [0.1, 0.15) is 0 Å². The number of hydrogen-bond donors (Lipinski definition) is 1. The van der Waals surface area contributed by atoms with Crippen molar-refractivity contribution in [2.24, 2.45) is 0 Å². The summed E-state index contributed by atoms with van der Waals surface area (Å²) in [6.07, 6.45) is 3.67. The van der Waals surface area contributed by atoms with Crippen LogP contribution in [0.3, 0.4) is 0 Å². The molecule has 0 aliphatic heterocycles. The molecule has 74 valence electrons. The quantitative estimate of drug-likeness (QED) is 0.790. The van der Waals surface area contributed by atoms with Crippen molar-refractivity contribution in [1.29, 1.82) is 0 Å². The lowest BCUT2D eigenvalue weighted by atomic mass is 10.1. The van der Waals surface area contributed by atoms with Gasteiger partial charge in [-0.1, -0.05) is 24.3 Å². The van der Waals surface area contributed by atoms with Crippen LogP contribution in [0.15, 0.2) is 0 Å². The molecule has 0 aliphatic carbocycles. The molecule has 0 fully saturated rings. The maximum atomic E-state index is 4.02. The fourth-order valence-electron chi connectivity index (χ4n) is 1.37. The minimum absolute atomic E-state index is 0.444. The minimum atomic E-state index is 0.444. The van der Waals surface area contributed by atoms with Gasteiger partial charge in [0.25, 0.3) is 0 Å². The van der Waals surface area contributed by atoms with Gasteiger partial charge in [-0.2, -0.15) is 0 Å². The topological polar surface area (TPSA) is 37.8 Å². The van der Waals surface area contributed by atoms with E-state index in [4.69, 9.17) is 0 Å². The monoisotopic (exact) mass is 199 g/mol. The number of rotatable bonds is 5. The molecule has 0 spiro atoms. The molecule has 1 unspecified atom stereocenters. The molecule has 1 aromatic heterocycles. The average Bonchev–Trinajstić information content (AvgIpc) is 2.54. The number of nitrogens with zero attached hydrogens (tertiary/aromatic N) is 2. The predicted molar refractivity (Wildman–Crippen MR) is 56.0 cm³/mol. The molecule has 0 aliphatic rings. The molecule has 1 rings (SSSR count). The highest BCUT2D eigenvalue weighted by Gasteiger charge is 2.14. The third-order valence-corrected chi connectivity index (χ3v) is 3.14. The van der Waals surface area contributed by atoms with Gasteiger partial charge >= 0.3 is 0 Å². The Hall–Kier alpha value is -0.480. The Labute approximate surface area is 83.7 Å². The van der Waals surface area contributed by atoms with E-state index in [9.17, 15) is 0 Å². The van der Waals surface area contributed by atoms with Gasteiger partial charge in [0.15, 0.2) is 0 Å². The molecule has 0 amide bonds. The highest BCUT2D eigenvalue weighted by Crippen LogP contribution is 2.23. The van der Waals surface area contributed by atoms with Crippen molar-refractivity contribution in [1.82, 2.24) is 14.9 Å². The highest BCUT2D eigenvalue weighted by molar-refractivity contribution is 7.05. The molecule has 1 heterocycles. The number of aryl methyl sites for hydroxylation is 1. The van der Waals surface area contributed by atoms with Crippen molar-refractivity contribution in [3.05, 3.63) is 10.6 Å². The van der Waals surface area contributed by atoms with Crippen molar-refractivity contribution in [3.63, 3.8) is 0 Å². The molecule has 4 heteroatoms. The van der Waals surface area contributed by atoms with Gasteiger partial charge < -0.3 is 5.32 Å². The first kappa shape index (κ1) is 10.6. The predicted octanol–water partition coefficient (Wildman–Crippen LogP) is 2.30. The van der Waals surface area contributed by atoms with Crippen LogP contribution in [0.25, 0.3) is 0 Å². The van der Waals surface area contributed by atoms with Gasteiger partial charge in [0, 0.05) is 6.04 Å². The molecule has 3 nitrogen and oxygen atoms in total. The molecule has 1 atom stereocenters. The zero-order valence-electron chi connectivity index (χ0n) is 8.50. The number of hydrogen-bond acceptors (Lipinski definition) is 4. The maximum Gasteiger partial charge on any atom is 0.0772 e. The van der Waals surface area contributed by atoms with Gasteiger partial charge in [-0.15, -0.1) is 5.10 Å². The molecule has 0 saturated heterocycles. The summed E-state index contributed by atoms with van der Waals surface area (Å²) in [5.74, 6) is 0. The van der Waals surface area contributed by atoms with E-state index in [2.05, 4.69) is 21.8 Å². The maximum absolute atomic E-state index is 4.02. The van der Waals surface area contributed by atoms with Crippen LogP contribution in [0.4, 0.5) is 0 Å². The fraction of sp³-hybridized carbons (Fsp3) is 0.778. The summed E-state index contributed by atoms with van der Waals surface area (Å²) in [4.78, 5) is 1.29. The van der Waals surface area contributed by atoms with Crippen molar-refractivity contribution >= 4 is 11.5 Å².